The molecule has 3 nitrogen and oxygen atoms in total. The minimum absolute atomic E-state index is 0.718. The van der Waals surface area contributed by atoms with Crippen molar-refractivity contribution in [3.05, 3.63) is 28.5 Å². The van der Waals surface area contributed by atoms with Crippen LogP contribution in [0.2, 0.25) is 0 Å². The number of hydrogen-bond donors (Lipinski definition) is 1. The standard InChI is InChI=1S/C13H21BrN2O/c1-11(2)3-5-17-6-4-15-8-12-7-13(14)10-16-9-12/h7,9-11,15H,3-6,8H2,1-2H3. The Hall–Kier alpha value is -0.450. The quantitative estimate of drug-likeness (QED) is 0.750. The summed E-state index contributed by atoms with van der Waals surface area (Å²) in [5, 5.41) is 3.33. The predicted molar refractivity (Wildman–Crippen MR) is 73.9 cm³/mol. The third kappa shape index (κ3) is 7.47. The fraction of sp³-hybridized carbons (Fsp3) is 0.615. The van der Waals surface area contributed by atoms with Gasteiger partial charge in [-0.1, -0.05) is 13.8 Å². The second kappa shape index (κ2) is 8.61. The van der Waals surface area contributed by atoms with Gasteiger partial charge in [0.2, 0.25) is 0 Å². The number of hydrogen-bond acceptors (Lipinski definition) is 3. The summed E-state index contributed by atoms with van der Waals surface area (Å²) in [6.07, 6.45) is 4.80. The molecule has 0 aliphatic rings. The van der Waals surface area contributed by atoms with Crippen LogP contribution in [0.15, 0.2) is 22.9 Å². The molecule has 1 heterocycles. The molecule has 0 aliphatic heterocycles. The number of ether oxygens (including phenoxy) is 1. The number of rotatable bonds is 8. The number of pyridine rings is 1. The summed E-state index contributed by atoms with van der Waals surface area (Å²) in [5.74, 6) is 0.718. The first kappa shape index (κ1) is 14.6. The molecular weight excluding hydrogens is 280 g/mol. The molecule has 1 N–H and O–H groups in total. The molecule has 0 aromatic carbocycles. The summed E-state index contributed by atoms with van der Waals surface area (Å²) in [7, 11) is 0. The Kier molecular flexibility index (Phi) is 7.40. The summed E-state index contributed by atoms with van der Waals surface area (Å²) < 4.78 is 6.54. The van der Waals surface area contributed by atoms with E-state index in [-0.39, 0.29) is 0 Å². The first-order valence-electron chi connectivity index (χ1n) is 6.06. The van der Waals surface area contributed by atoms with Crippen LogP contribution in [-0.2, 0) is 11.3 Å². The third-order valence-electron chi connectivity index (χ3n) is 2.35. The lowest BCUT2D eigenvalue weighted by molar-refractivity contribution is 0.125. The molecule has 0 saturated carbocycles. The largest absolute Gasteiger partial charge is 0.380 e. The molecule has 0 amide bonds. The summed E-state index contributed by atoms with van der Waals surface area (Å²) in [6, 6.07) is 2.07. The van der Waals surface area contributed by atoms with Crippen molar-refractivity contribution < 1.29 is 4.74 Å². The highest BCUT2D eigenvalue weighted by Crippen LogP contribution is 2.08. The monoisotopic (exact) mass is 300 g/mol. The van der Waals surface area contributed by atoms with Crippen LogP contribution in [0.1, 0.15) is 25.8 Å². The van der Waals surface area contributed by atoms with Gasteiger partial charge < -0.3 is 10.1 Å². The van der Waals surface area contributed by atoms with Gasteiger partial charge in [0.1, 0.15) is 0 Å². The van der Waals surface area contributed by atoms with Crippen molar-refractivity contribution in [2.75, 3.05) is 19.8 Å². The van der Waals surface area contributed by atoms with Gasteiger partial charge in [-0.2, -0.15) is 0 Å². The molecule has 0 saturated heterocycles. The van der Waals surface area contributed by atoms with Gasteiger partial charge in [-0.3, -0.25) is 4.98 Å². The highest BCUT2D eigenvalue weighted by Gasteiger charge is 1.96. The number of aromatic nitrogens is 1. The van der Waals surface area contributed by atoms with Crippen LogP contribution in [-0.4, -0.2) is 24.7 Å². The van der Waals surface area contributed by atoms with E-state index in [4.69, 9.17) is 4.74 Å². The maximum atomic E-state index is 5.52. The molecule has 1 rings (SSSR count). The molecule has 4 heteroatoms. The third-order valence-corrected chi connectivity index (χ3v) is 2.79. The highest BCUT2D eigenvalue weighted by molar-refractivity contribution is 9.10. The minimum atomic E-state index is 0.718. The van der Waals surface area contributed by atoms with E-state index in [2.05, 4.69) is 46.1 Å². The molecule has 17 heavy (non-hydrogen) atoms. The van der Waals surface area contributed by atoms with Crippen molar-refractivity contribution in [1.82, 2.24) is 10.3 Å². The summed E-state index contributed by atoms with van der Waals surface area (Å²) in [5.41, 5.74) is 1.18. The van der Waals surface area contributed by atoms with E-state index in [0.29, 0.717) is 0 Å². The van der Waals surface area contributed by atoms with Gasteiger partial charge >= 0.3 is 0 Å². The Morgan fingerprint density at radius 3 is 2.88 bits per heavy atom. The lowest BCUT2D eigenvalue weighted by Crippen LogP contribution is -2.19. The van der Waals surface area contributed by atoms with Crippen LogP contribution < -0.4 is 5.32 Å². The topological polar surface area (TPSA) is 34.1 Å². The molecule has 0 bridgehead atoms. The van der Waals surface area contributed by atoms with E-state index < -0.39 is 0 Å². The Labute approximate surface area is 112 Å². The normalized spacial score (nSPS) is 11.1. The van der Waals surface area contributed by atoms with E-state index >= 15 is 0 Å². The van der Waals surface area contributed by atoms with Crippen LogP contribution in [0.25, 0.3) is 0 Å². The molecule has 0 aliphatic carbocycles. The maximum absolute atomic E-state index is 5.52. The molecule has 0 atom stereocenters. The maximum Gasteiger partial charge on any atom is 0.0591 e. The summed E-state index contributed by atoms with van der Waals surface area (Å²) in [4.78, 5) is 4.11. The first-order chi connectivity index (χ1) is 8.18. The van der Waals surface area contributed by atoms with Gasteiger partial charge in [-0.15, -0.1) is 0 Å². The Balaban J connectivity index is 2.01. The fourth-order valence-electron chi connectivity index (χ4n) is 1.35. The van der Waals surface area contributed by atoms with Crippen molar-refractivity contribution in [3.63, 3.8) is 0 Å². The number of nitrogens with zero attached hydrogens (tertiary/aromatic N) is 1. The SMILES string of the molecule is CC(C)CCOCCNCc1cncc(Br)c1. The van der Waals surface area contributed by atoms with Crippen LogP contribution in [0, 0.1) is 5.92 Å². The molecule has 0 spiro atoms. The van der Waals surface area contributed by atoms with Gasteiger partial charge in [-0.05, 0) is 39.9 Å². The second-order valence-electron chi connectivity index (χ2n) is 4.48. The van der Waals surface area contributed by atoms with Gasteiger partial charge in [0, 0.05) is 36.6 Å². The van der Waals surface area contributed by atoms with Gasteiger partial charge in [0.05, 0.1) is 6.61 Å². The fourth-order valence-corrected chi connectivity index (χ4v) is 1.76. The zero-order chi connectivity index (χ0) is 12.5. The number of halogens is 1. The smallest absolute Gasteiger partial charge is 0.0591 e. The minimum Gasteiger partial charge on any atom is -0.380 e. The number of nitrogens with one attached hydrogen (secondary N) is 1. The van der Waals surface area contributed by atoms with Crippen molar-refractivity contribution >= 4 is 15.9 Å². The van der Waals surface area contributed by atoms with Gasteiger partial charge in [0.15, 0.2) is 0 Å². The molecular formula is C13H21BrN2O. The van der Waals surface area contributed by atoms with Crippen molar-refractivity contribution in [1.29, 1.82) is 0 Å². The van der Waals surface area contributed by atoms with Gasteiger partial charge in [0.25, 0.3) is 0 Å². The van der Waals surface area contributed by atoms with E-state index in [1.807, 2.05) is 6.20 Å². The summed E-state index contributed by atoms with van der Waals surface area (Å²) in [6.45, 7) is 7.76. The van der Waals surface area contributed by atoms with Crippen molar-refractivity contribution in [2.45, 2.75) is 26.8 Å². The van der Waals surface area contributed by atoms with Crippen molar-refractivity contribution in [2.24, 2.45) is 5.92 Å². The average molecular weight is 301 g/mol. The van der Waals surface area contributed by atoms with Gasteiger partial charge in [-0.25, -0.2) is 0 Å². The van der Waals surface area contributed by atoms with Crippen LogP contribution in [0.3, 0.4) is 0 Å². The summed E-state index contributed by atoms with van der Waals surface area (Å²) >= 11 is 3.40. The molecule has 1 aromatic rings. The lowest BCUT2D eigenvalue weighted by Gasteiger charge is -2.07. The van der Waals surface area contributed by atoms with E-state index in [0.717, 1.165) is 43.1 Å². The molecule has 0 fully saturated rings. The molecule has 0 unspecified atom stereocenters. The Morgan fingerprint density at radius 2 is 2.18 bits per heavy atom. The zero-order valence-corrected chi connectivity index (χ0v) is 12.2. The predicted octanol–water partition coefficient (Wildman–Crippen LogP) is 3.00. The molecule has 0 radical (unpaired) electrons. The Bertz CT molecular complexity index is 318. The Morgan fingerprint density at radius 1 is 1.35 bits per heavy atom. The second-order valence-corrected chi connectivity index (χ2v) is 5.40. The van der Waals surface area contributed by atoms with Crippen LogP contribution >= 0.6 is 15.9 Å². The van der Waals surface area contributed by atoms with Crippen molar-refractivity contribution in [3.8, 4) is 0 Å². The first-order valence-corrected chi connectivity index (χ1v) is 6.85. The highest BCUT2D eigenvalue weighted by atomic mass is 79.9. The lowest BCUT2D eigenvalue weighted by atomic mass is 10.1. The molecule has 1 aromatic heterocycles. The van der Waals surface area contributed by atoms with Crippen LogP contribution in [0.5, 0.6) is 0 Å². The van der Waals surface area contributed by atoms with E-state index in [9.17, 15) is 0 Å². The zero-order valence-electron chi connectivity index (χ0n) is 10.6. The molecule has 96 valence electrons. The van der Waals surface area contributed by atoms with E-state index in [1.165, 1.54) is 5.56 Å². The average Bonchev–Trinajstić information content (AvgIpc) is 2.27. The van der Waals surface area contributed by atoms with Crippen LogP contribution in [0.4, 0.5) is 0 Å². The van der Waals surface area contributed by atoms with E-state index in [1.54, 1.807) is 6.20 Å².